The first-order valence-corrected chi connectivity index (χ1v) is 11.8. The first kappa shape index (κ1) is 23.1. The van der Waals surface area contributed by atoms with Gasteiger partial charge in [-0.2, -0.15) is 5.10 Å². The number of esters is 1. The summed E-state index contributed by atoms with van der Waals surface area (Å²) in [6, 6.07) is 17.3. The average molecular weight is 466 g/mol. The van der Waals surface area contributed by atoms with Gasteiger partial charge in [0, 0.05) is 13.1 Å². The lowest BCUT2D eigenvalue weighted by atomic mass is 10.0. The lowest BCUT2D eigenvalue weighted by Gasteiger charge is -2.33. The predicted octanol–water partition coefficient (Wildman–Crippen LogP) is 5.42. The monoisotopic (exact) mass is 465 g/mol. The molecule has 3 aromatic rings. The van der Waals surface area contributed by atoms with Gasteiger partial charge in [0.15, 0.2) is 5.69 Å². The van der Waals surface area contributed by atoms with E-state index in [1.807, 2.05) is 21.7 Å². The summed E-state index contributed by atoms with van der Waals surface area (Å²) in [6.07, 6.45) is 2.44. The van der Waals surface area contributed by atoms with Crippen LogP contribution in [0.4, 0.5) is 0 Å². The molecule has 1 aromatic heterocycles. The van der Waals surface area contributed by atoms with Crippen molar-refractivity contribution in [2.24, 2.45) is 0 Å². The number of ether oxygens (including phenoxy) is 1. The molecule has 1 amide bonds. The fraction of sp³-hybridized carbons (Fsp3) is 0.346. The minimum Gasteiger partial charge on any atom is -0.461 e. The van der Waals surface area contributed by atoms with Crippen LogP contribution in [0.25, 0.3) is 11.3 Å². The quantitative estimate of drug-likeness (QED) is 0.456. The highest BCUT2D eigenvalue weighted by molar-refractivity contribution is 6.33. The molecule has 2 heterocycles. The normalized spacial score (nSPS) is 14.3. The zero-order chi connectivity index (χ0) is 23.4. The van der Waals surface area contributed by atoms with E-state index in [0.29, 0.717) is 36.0 Å². The van der Waals surface area contributed by atoms with Gasteiger partial charge in [-0.1, -0.05) is 54.9 Å². The van der Waals surface area contributed by atoms with Crippen LogP contribution in [0.15, 0.2) is 54.6 Å². The number of hydrogen-bond acceptors (Lipinski definition) is 4. The number of aryl methyl sites for hydroxylation is 1. The van der Waals surface area contributed by atoms with Crippen LogP contribution >= 0.6 is 11.6 Å². The van der Waals surface area contributed by atoms with Crippen LogP contribution < -0.4 is 0 Å². The van der Waals surface area contributed by atoms with Crippen LogP contribution in [0.1, 0.15) is 59.1 Å². The number of amides is 1. The number of likely N-dealkylation sites (tertiary alicyclic amines) is 1. The molecule has 2 aromatic carbocycles. The van der Waals surface area contributed by atoms with E-state index in [1.54, 1.807) is 25.1 Å². The van der Waals surface area contributed by atoms with Gasteiger partial charge in [0.1, 0.15) is 0 Å². The number of piperidine rings is 1. The van der Waals surface area contributed by atoms with Crippen LogP contribution in [0.3, 0.4) is 0 Å². The largest absolute Gasteiger partial charge is 0.461 e. The van der Waals surface area contributed by atoms with Crippen molar-refractivity contribution in [3.63, 3.8) is 0 Å². The molecular weight excluding hydrogens is 438 g/mol. The van der Waals surface area contributed by atoms with Crippen molar-refractivity contribution in [3.8, 4) is 11.3 Å². The van der Waals surface area contributed by atoms with Crippen LogP contribution in [0.2, 0.25) is 5.02 Å². The highest BCUT2D eigenvalue weighted by Crippen LogP contribution is 2.31. The second-order valence-electron chi connectivity index (χ2n) is 8.13. The Morgan fingerprint density at radius 3 is 2.39 bits per heavy atom. The molecule has 0 spiro atoms. The second kappa shape index (κ2) is 10.2. The van der Waals surface area contributed by atoms with Gasteiger partial charge in [0.05, 0.1) is 28.9 Å². The van der Waals surface area contributed by atoms with Gasteiger partial charge >= 0.3 is 5.97 Å². The predicted molar refractivity (Wildman–Crippen MR) is 129 cm³/mol. The number of carbonyl (C=O) groups excluding carboxylic acids is 2. The first-order valence-electron chi connectivity index (χ1n) is 11.4. The Morgan fingerprint density at radius 2 is 1.76 bits per heavy atom. The van der Waals surface area contributed by atoms with Crippen molar-refractivity contribution in [3.05, 3.63) is 76.4 Å². The van der Waals surface area contributed by atoms with E-state index in [-0.39, 0.29) is 11.9 Å². The number of hydrogen-bond donors (Lipinski definition) is 0. The maximum Gasteiger partial charge on any atom is 0.358 e. The van der Waals surface area contributed by atoms with E-state index < -0.39 is 5.97 Å². The molecule has 1 fully saturated rings. The van der Waals surface area contributed by atoms with Crippen molar-refractivity contribution >= 4 is 23.5 Å². The minimum atomic E-state index is -0.422. The molecule has 0 bridgehead atoms. The smallest absolute Gasteiger partial charge is 0.358 e. The molecule has 0 N–H and O–H groups in total. The van der Waals surface area contributed by atoms with Crippen molar-refractivity contribution < 1.29 is 14.3 Å². The zero-order valence-electron chi connectivity index (χ0n) is 19.0. The standard InChI is InChI=1S/C26H28ClN3O3/c1-3-18-9-11-19(12-10-18)24-17-23(26(32)33-4-2)28-30(24)20-13-15-29(16-14-20)25(31)21-7-5-6-8-22(21)27/h5-12,17,20H,3-4,13-16H2,1-2H3. The fourth-order valence-electron chi connectivity index (χ4n) is 4.22. The van der Waals surface area contributed by atoms with E-state index in [9.17, 15) is 9.59 Å². The third kappa shape index (κ3) is 4.96. The molecule has 0 saturated carbocycles. The number of carbonyl (C=O) groups is 2. The van der Waals surface area contributed by atoms with Crippen molar-refractivity contribution in [2.75, 3.05) is 19.7 Å². The van der Waals surface area contributed by atoms with Crippen LogP contribution in [-0.4, -0.2) is 46.3 Å². The van der Waals surface area contributed by atoms with E-state index in [4.69, 9.17) is 16.3 Å². The van der Waals surface area contributed by atoms with Crippen LogP contribution in [0.5, 0.6) is 0 Å². The van der Waals surface area contributed by atoms with E-state index in [0.717, 1.165) is 30.5 Å². The molecule has 33 heavy (non-hydrogen) atoms. The lowest BCUT2D eigenvalue weighted by molar-refractivity contribution is 0.0517. The SMILES string of the molecule is CCOC(=O)c1cc(-c2ccc(CC)cc2)n(C2CCN(C(=O)c3ccccc3Cl)CC2)n1. The van der Waals surface area contributed by atoms with Gasteiger partial charge in [-0.25, -0.2) is 4.79 Å². The molecule has 0 radical (unpaired) electrons. The number of halogens is 1. The molecule has 4 rings (SSSR count). The number of rotatable bonds is 6. The highest BCUT2D eigenvalue weighted by Gasteiger charge is 2.28. The Labute approximate surface area is 199 Å². The Morgan fingerprint density at radius 1 is 1.06 bits per heavy atom. The molecule has 7 heteroatoms. The fourth-order valence-corrected chi connectivity index (χ4v) is 4.44. The molecule has 6 nitrogen and oxygen atoms in total. The summed E-state index contributed by atoms with van der Waals surface area (Å²) in [5.41, 5.74) is 3.97. The summed E-state index contributed by atoms with van der Waals surface area (Å²) in [5, 5.41) is 5.10. The zero-order valence-corrected chi connectivity index (χ0v) is 19.7. The summed E-state index contributed by atoms with van der Waals surface area (Å²) in [6.45, 7) is 5.39. The molecule has 0 atom stereocenters. The highest BCUT2D eigenvalue weighted by atomic mass is 35.5. The van der Waals surface area contributed by atoms with Crippen molar-refractivity contribution in [1.29, 1.82) is 0 Å². The summed E-state index contributed by atoms with van der Waals surface area (Å²) < 4.78 is 7.12. The molecular formula is C26H28ClN3O3. The number of aromatic nitrogens is 2. The summed E-state index contributed by atoms with van der Waals surface area (Å²) in [7, 11) is 0. The third-order valence-electron chi connectivity index (χ3n) is 6.08. The van der Waals surface area contributed by atoms with Gasteiger partial charge < -0.3 is 9.64 Å². The third-order valence-corrected chi connectivity index (χ3v) is 6.41. The summed E-state index contributed by atoms with van der Waals surface area (Å²) in [5.74, 6) is -0.476. The summed E-state index contributed by atoms with van der Waals surface area (Å²) >= 11 is 6.23. The second-order valence-corrected chi connectivity index (χ2v) is 8.54. The topological polar surface area (TPSA) is 64.4 Å². The minimum absolute atomic E-state index is 0.0536. The molecule has 172 valence electrons. The van der Waals surface area contributed by atoms with E-state index >= 15 is 0 Å². The van der Waals surface area contributed by atoms with Gasteiger partial charge in [-0.15, -0.1) is 0 Å². The van der Waals surface area contributed by atoms with Crippen LogP contribution in [0, 0.1) is 0 Å². The lowest BCUT2D eigenvalue weighted by Crippen LogP contribution is -2.39. The molecule has 0 aliphatic carbocycles. The Bertz CT molecular complexity index is 1130. The molecule has 0 unspecified atom stereocenters. The average Bonchev–Trinajstić information content (AvgIpc) is 3.30. The maximum absolute atomic E-state index is 12.9. The van der Waals surface area contributed by atoms with E-state index in [2.05, 4.69) is 36.3 Å². The Hall–Kier alpha value is -3.12. The number of nitrogens with zero attached hydrogens (tertiary/aromatic N) is 3. The maximum atomic E-state index is 12.9. The first-order chi connectivity index (χ1) is 16.0. The van der Waals surface area contributed by atoms with Crippen molar-refractivity contribution in [2.45, 2.75) is 39.2 Å². The van der Waals surface area contributed by atoms with E-state index in [1.165, 1.54) is 5.56 Å². The van der Waals surface area contributed by atoms with Gasteiger partial charge in [0.2, 0.25) is 0 Å². The van der Waals surface area contributed by atoms with Gasteiger partial charge in [-0.3, -0.25) is 9.48 Å². The van der Waals surface area contributed by atoms with Crippen LogP contribution in [-0.2, 0) is 11.2 Å². The van der Waals surface area contributed by atoms with Gasteiger partial charge in [0.25, 0.3) is 5.91 Å². The number of benzene rings is 2. The Balaban J connectivity index is 1.57. The Kier molecular flexibility index (Phi) is 7.14. The summed E-state index contributed by atoms with van der Waals surface area (Å²) in [4.78, 5) is 27.2. The molecule has 1 aliphatic heterocycles. The molecule has 1 aliphatic rings. The molecule has 1 saturated heterocycles. The van der Waals surface area contributed by atoms with Crippen molar-refractivity contribution in [1.82, 2.24) is 14.7 Å². The van der Waals surface area contributed by atoms with Gasteiger partial charge in [-0.05, 0) is 55.5 Å².